The van der Waals surface area contributed by atoms with E-state index >= 15 is 0 Å². The molecule has 0 fully saturated rings. The molecule has 0 radical (unpaired) electrons. The van der Waals surface area contributed by atoms with Gasteiger partial charge in [-0.1, -0.05) is 12.1 Å². The smallest absolute Gasteiger partial charge is 0.413 e. The third-order valence-corrected chi connectivity index (χ3v) is 4.69. The van der Waals surface area contributed by atoms with Gasteiger partial charge in [0.25, 0.3) is 11.8 Å². The minimum Gasteiger partial charge on any atom is -0.484 e. The lowest BCUT2D eigenvalue weighted by Gasteiger charge is -2.21. The number of alkyl carbamates (subject to hydrolysis) is 1. The van der Waals surface area contributed by atoms with Crippen molar-refractivity contribution in [1.29, 1.82) is 5.41 Å². The predicted octanol–water partition coefficient (Wildman–Crippen LogP) is 3.07. The Bertz CT molecular complexity index is 1140. The van der Waals surface area contributed by atoms with Crippen LogP contribution in [0.2, 0.25) is 0 Å². The molecule has 1 heterocycles. The van der Waals surface area contributed by atoms with Crippen LogP contribution in [0.4, 0.5) is 4.79 Å². The van der Waals surface area contributed by atoms with Crippen LogP contribution in [0.25, 0.3) is 0 Å². The molecule has 1 atom stereocenters. The maximum atomic E-state index is 12.5. The number of carbonyl (C=O) groups is 4. The zero-order valence-corrected chi connectivity index (χ0v) is 20.3. The van der Waals surface area contributed by atoms with Crippen LogP contribution in [0.3, 0.4) is 0 Å². The maximum absolute atomic E-state index is 12.5. The number of fused-ring (bicyclic) bond motifs is 1. The number of nitrogens with one attached hydrogen (secondary N) is 2. The fourth-order valence-electron chi connectivity index (χ4n) is 3.14. The van der Waals surface area contributed by atoms with Gasteiger partial charge >= 0.3 is 12.1 Å². The number of amidine groups is 1. The number of amides is 3. The van der Waals surface area contributed by atoms with Crippen LogP contribution in [-0.4, -0.2) is 59.7 Å². The van der Waals surface area contributed by atoms with Crippen LogP contribution >= 0.6 is 0 Å². The molecule has 3 rings (SSSR count). The molecule has 0 bridgehead atoms. The van der Waals surface area contributed by atoms with Crippen molar-refractivity contribution >= 4 is 29.7 Å². The van der Waals surface area contributed by atoms with Gasteiger partial charge < -0.3 is 14.2 Å². The topological polar surface area (TPSA) is 144 Å². The predicted molar refractivity (Wildman–Crippen MR) is 127 cm³/mol. The average molecular weight is 498 g/mol. The SMILES string of the molecule is CC(=O)OCC(CON1C(=O)c2ccccc2C1=O)Oc1ccc(C(=N)NC(=O)OC(C)(C)C)cc1. The molecule has 2 N–H and O–H groups in total. The zero-order valence-electron chi connectivity index (χ0n) is 20.3. The Morgan fingerprint density at radius 2 is 1.56 bits per heavy atom. The Labute approximate surface area is 207 Å². The highest BCUT2D eigenvalue weighted by Gasteiger charge is 2.37. The second-order valence-electron chi connectivity index (χ2n) is 8.81. The fraction of sp³-hybridized carbons (Fsp3) is 0.320. The van der Waals surface area contributed by atoms with Gasteiger partial charge in [-0.3, -0.25) is 29.9 Å². The van der Waals surface area contributed by atoms with Crippen molar-refractivity contribution in [2.75, 3.05) is 13.2 Å². The summed E-state index contributed by atoms with van der Waals surface area (Å²) in [6.07, 6.45) is -1.61. The molecule has 0 spiro atoms. The fourth-order valence-corrected chi connectivity index (χ4v) is 3.14. The summed E-state index contributed by atoms with van der Waals surface area (Å²) < 4.78 is 16.0. The molecule has 11 heteroatoms. The van der Waals surface area contributed by atoms with E-state index in [9.17, 15) is 19.2 Å². The number of imide groups is 1. The van der Waals surface area contributed by atoms with E-state index in [4.69, 9.17) is 24.5 Å². The van der Waals surface area contributed by atoms with Gasteiger partial charge in [-0.2, -0.15) is 0 Å². The van der Waals surface area contributed by atoms with Crippen molar-refractivity contribution in [1.82, 2.24) is 10.4 Å². The van der Waals surface area contributed by atoms with Gasteiger partial charge in [-0.15, -0.1) is 5.06 Å². The number of esters is 1. The van der Waals surface area contributed by atoms with E-state index in [1.54, 1.807) is 57.2 Å². The van der Waals surface area contributed by atoms with Gasteiger partial charge in [-0.05, 0) is 57.2 Å². The molecular weight excluding hydrogens is 470 g/mol. The van der Waals surface area contributed by atoms with Crippen LogP contribution in [0.5, 0.6) is 5.75 Å². The van der Waals surface area contributed by atoms with Crippen LogP contribution in [-0.2, 0) is 19.1 Å². The first-order valence-corrected chi connectivity index (χ1v) is 11.0. The lowest BCUT2D eigenvalue weighted by atomic mass is 10.1. The van der Waals surface area contributed by atoms with Crippen molar-refractivity contribution in [3.05, 3.63) is 65.2 Å². The Kier molecular flexibility index (Phi) is 8.05. The molecular formula is C25H27N3O8. The molecule has 2 aromatic rings. The summed E-state index contributed by atoms with van der Waals surface area (Å²) in [7, 11) is 0. The third kappa shape index (κ3) is 6.89. The summed E-state index contributed by atoms with van der Waals surface area (Å²) in [4.78, 5) is 53.6. The molecule has 0 saturated heterocycles. The van der Waals surface area contributed by atoms with Crippen molar-refractivity contribution < 1.29 is 38.2 Å². The van der Waals surface area contributed by atoms with Gasteiger partial charge in [0, 0.05) is 12.5 Å². The average Bonchev–Trinajstić information content (AvgIpc) is 3.04. The van der Waals surface area contributed by atoms with E-state index in [1.165, 1.54) is 19.1 Å². The van der Waals surface area contributed by atoms with E-state index in [2.05, 4.69) is 5.32 Å². The summed E-state index contributed by atoms with van der Waals surface area (Å²) in [5, 5.41) is 11.1. The largest absolute Gasteiger partial charge is 0.484 e. The van der Waals surface area contributed by atoms with Crippen LogP contribution in [0, 0.1) is 5.41 Å². The second-order valence-corrected chi connectivity index (χ2v) is 8.81. The number of ether oxygens (including phenoxy) is 3. The van der Waals surface area contributed by atoms with Crippen molar-refractivity contribution in [2.45, 2.75) is 39.4 Å². The molecule has 0 aromatic heterocycles. The van der Waals surface area contributed by atoms with Gasteiger partial charge in [0.2, 0.25) is 0 Å². The van der Waals surface area contributed by atoms with E-state index in [1.807, 2.05) is 0 Å². The van der Waals surface area contributed by atoms with E-state index < -0.39 is 35.6 Å². The Morgan fingerprint density at radius 3 is 2.08 bits per heavy atom. The molecule has 0 saturated carbocycles. The zero-order chi connectivity index (χ0) is 26.5. The molecule has 36 heavy (non-hydrogen) atoms. The Hall–Kier alpha value is -4.25. The highest BCUT2D eigenvalue weighted by Crippen LogP contribution is 2.23. The van der Waals surface area contributed by atoms with Crippen LogP contribution in [0.1, 0.15) is 54.0 Å². The summed E-state index contributed by atoms with van der Waals surface area (Å²) in [6.45, 7) is 5.92. The molecule has 1 aliphatic rings. The molecule has 11 nitrogen and oxygen atoms in total. The van der Waals surface area contributed by atoms with Gasteiger partial charge in [-0.25, -0.2) is 4.79 Å². The first kappa shape index (κ1) is 26.4. The highest BCUT2D eigenvalue weighted by molar-refractivity contribution is 6.20. The number of hydrogen-bond donors (Lipinski definition) is 2. The lowest BCUT2D eigenvalue weighted by Crippen LogP contribution is -2.37. The molecule has 0 aliphatic carbocycles. The van der Waals surface area contributed by atoms with Gasteiger partial charge in [0.15, 0.2) is 6.10 Å². The lowest BCUT2D eigenvalue weighted by molar-refractivity contribution is -0.149. The number of hydrogen-bond acceptors (Lipinski definition) is 9. The number of hydroxylamine groups is 2. The monoisotopic (exact) mass is 497 g/mol. The summed E-state index contributed by atoms with van der Waals surface area (Å²) in [5.41, 5.74) is 0.164. The Morgan fingerprint density at radius 1 is 0.972 bits per heavy atom. The quantitative estimate of drug-likeness (QED) is 0.245. The second kappa shape index (κ2) is 11.0. The van der Waals surface area contributed by atoms with Crippen LogP contribution < -0.4 is 10.1 Å². The van der Waals surface area contributed by atoms with E-state index in [0.717, 1.165) is 0 Å². The first-order chi connectivity index (χ1) is 16.9. The van der Waals surface area contributed by atoms with Gasteiger partial charge in [0.1, 0.15) is 30.4 Å². The van der Waals surface area contributed by atoms with Crippen molar-refractivity contribution in [3.8, 4) is 5.75 Å². The van der Waals surface area contributed by atoms with Crippen molar-refractivity contribution in [2.24, 2.45) is 0 Å². The summed E-state index contributed by atoms with van der Waals surface area (Å²) in [5.74, 6) is -1.56. The van der Waals surface area contributed by atoms with E-state index in [-0.39, 0.29) is 30.2 Å². The number of rotatable bonds is 8. The highest BCUT2D eigenvalue weighted by atomic mass is 16.7. The van der Waals surface area contributed by atoms with E-state index in [0.29, 0.717) is 16.4 Å². The van der Waals surface area contributed by atoms with Gasteiger partial charge in [0.05, 0.1) is 11.1 Å². The molecule has 1 unspecified atom stereocenters. The standard InChI is InChI=1S/C25H27N3O8/c1-15(29)33-13-18(14-34-28-22(30)19-7-5-6-8-20(19)23(28)31)35-17-11-9-16(10-12-17)21(26)27-24(32)36-25(2,3)4/h5-12,18H,13-14H2,1-4H3,(H2,26,27,32). The Balaban J connectivity index is 1.62. The molecule has 2 aromatic carbocycles. The summed E-state index contributed by atoms with van der Waals surface area (Å²) in [6, 6.07) is 12.5. The number of carbonyl (C=O) groups excluding carboxylic acids is 4. The minimum absolute atomic E-state index is 0.166. The number of nitrogens with zero attached hydrogens (tertiary/aromatic N) is 1. The molecule has 3 amide bonds. The minimum atomic E-state index is -0.858. The normalized spacial score (nSPS) is 13.6. The molecule has 190 valence electrons. The first-order valence-electron chi connectivity index (χ1n) is 11.0. The summed E-state index contributed by atoms with van der Waals surface area (Å²) >= 11 is 0. The third-order valence-electron chi connectivity index (χ3n) is 4.69. The molecule has 1 aliphatic heterocycles. The maximum Gasteiger partial charge on any atom is 0.413 e. The van der Waals surface area contributed by atoms with Crippen LogP contribution in [0.15, 0.2) is 48.5 Å². The van der Waals surface area contributed by atoms with Crippen molar-refractivity contribution in [3.63, 3.8) is 0 Å². The number of benzene rings is 2.